The zero-order valence-electron chi connectivity index (χ0n) is 26.3. The molecule has 2 amide bonds. The summed E-state index contributed by atoms with van der Waals surface area (Å²) in [6, 6.07) is 15.7. The van der Waals surface area contributed by atoms with Gasteiger partial charge in [-0.1, -0.05) is 42.5 Å². The summed E-state index contributed by atoms with van der Waals surface area (Å²) in [5.74, 6) is 2.65. The SMILES string of the molecule is CC(C)(C)OC(=O)N[C@@H](Cc1ccc2ccccc2c1)C(=O)N1CCN(c2cc(N3CCCC3)nc(N3CCCC3)n2)CC1. The summed E-state index contributed by atoms with van der Waals surface area (Å²) in [5.41, 5.74) is 0.327. The first-order valence-electron chi connectivity index (χ1n) is 16.1. The average molecular weight is 600 g/mol. The quantitative estimate of drug-likeness (QED) is 0.421. The molecule has 234 valence electrons. The number of nitrogens with one attached hydrogen (secondary N) is 1. The Hall–Kier alpha value is -4.08. The summed E-state index contributed by atoms with van der Waals surface area (Å²) in [5, 5.41) is 5.13. The number of carbonyl (C=O) groups is 2. The molecule has 0 unspecified atom stereocenters. The molecule has 1 atom stereocenters. The van der Waals surface area contributed by atoms with Crippen LogP contribution in [0.25, 0.3) is 10.8 Å². The van der Waals surface area contributed by atoms with Crippen molar-refractivity contribution < 1.29 is 14.3 Å². The number of benzene rings is 2. The Balaban J connectivity index is 1.17. The molecule has 3 aliphatic heterocycles. The molecule has 10 nitrogen and oxygen atoms in total. The highest BCUT2D eigenvalue weighted by Crippen LogP contribution is 2.28. The molecule has 0 radical (unpaired) electrons. The van der Waals surface area contributed by atoms with Crippen LogP contribution in [-0.4, -0.2) is 90.9 Å². The minimum Gasteiger partial charge on any atom is -0.444 e. The van der Waals surface area contributed by atoms with Crippen LogP contribution in [0.5, 0.6) is 0 Å². The number of alkyl carbamates (subject to hydrolysis) is 1. The number of nitrogens with zero attached hydrogens (tertiary/aromatic N) is 6. The van der Waals surface area contributed by atoms with Gasteiger partial charge in [-0.3, -0.25) is 4.79 Å². The van der Waals surface area contributed by atoms with Crippen LogP contribution in [-0.2, 0) is 16.0 Å². The first-order valence-corrected chi connectivity index (χ1v) is 16.1. The van der Waals surface area contributed by atoms with E-state index in [1.54, 1.807) is 0 Å². The Labute approximate surface area is 260 Å². The topological polar surface area (TPSA) is 94.1 Å². The molecule has 3 aliphatic rings. The number of aromatic nitrogens is 2. The molecule has 3 aromatic rings. The van der Waals surface area contributed by atoms with Gasteiger partial charge < -0.3 is 29.7 Å². The van der Waals surface area contributed by atoms with E-state index in [0.717, 1.165) is 60.1 Å². The van der Waals surface area contributed by atoms with Crippen LogP contribution in [0.15, 0.2) is 48.5 Å². The monoisotopic (exact) mass is 599 g/mol. The molecule has 44 heavy (non-hydrogen) atoms. The van der Waals surface area contributed by atoms with E-state index < -0.39 is 17.7 Å². The van der Waals surface area contributed by atoms with E-state index in [9.17, 15) is 9.59 Å². The van der Waals surface area contributed by atoms with Crippen molar-refractivity contribution >= 4 is 40.4 Å². The zero-order valence-corrected chi connectivity index (χ0v) is 26.3. The number of ether oxygens (including phenoxy) is 1. The molecule has 1 N–H and O–H groups in total. The van der Waals surface area contributed by atoms with Gasteiger partial charge in [-0.2, -0.15) is 9.97 Å². The Bertz CT molecular complexity index is 1430. The largest absolute Gasteiger partial charge is 0.444 e. The van der Waals surface area contributed by atoms with Gasteiger partial charge in [-0.25, -0.2) is 4.79 Å². The van der Waals surface area contributed by atoms with E-state index >= 15 is 0 Å². The molecule has 6 rings (SSSR count). The maximum absolute atomic E-state index is 14.0. The minimum atomic E-state index is -0.736. The highest BCUT2D eigenvalue weighted by Gasteiger charge is 2.31. The third-order valence-corrected chi connectivity index (χ3v) is 8.66. The standard InChI is InChI=1S/C34H45N7O3/c1-34(2,3)44-33(43)35-28(23-25-12-13-26-10-4-5-11-27(26)22-25)31(42)40-20-18-39(19-21-40)30-24-29(38-14-6-7-15-38)36-32(37-30)41-16-8-9-17-41/h4-5,10-13,22,24,28H,6-9,14-21,23H2,1-3H3,(H,35,43)/t28-/m0/s1. The summed E-state index contributed by atoms with van der Waals surface area (Å²) in [4.78, 5) is 45.6. The van der Waals surface area contributed by atoms with Gasteiger partial charge in [0.15, 0.2) is 0 Å². The maximum Gasteiger partial charge on any atom is 0.408 e. The van der Waals surface area contributed by atoms with Crippen molar-refractivity contribution in [1.29, 1.82) is 0 Å². The lowest BCUT2D eigenvalue weighted by atomic mass is 10.0. The lowest BCUT2D eigenvalue weighted by Gasteiger charge is -2.37. The van der Waals surface area contributed by atoms with Crippen molar-refractivity contribution in [2.45, 2.75) is 64.5 Å². The maximum atomic E-state index is 14.0. The summed E-state index contributed by atoms with van der Waals surface area (Å²) < 4.78 is 5.54. The van der Waals surface area contributed by atoms with E-state index in [-0.39, 0.29) is 5.91 Å². The highest BCUT2D eigenvalue weighted by atomic mass is 16.6. The number of fused-ring (bicyclic) bond motifs is 1. The summed E-state index contributed by atoms with van der Waals surface area (Å²) in [7, 11) is 0. The third-order valence-electron chi connectivity index (χ3n) is 8.66. The van der Waals surface area contributed by atoms with Crippen molar-refractivity contribution in [2.75, 3.05) is 67.1 Å². The molecular formula is C34H45N7O3. The predicted octanol–water partition coefficient (Wildman–Crippen LogP) is 4.61. The van der Waals surface area contributed by atoms with Crippen LogP contribution < -0.4 is 20.0 Å². The third kappa shape index (κ3) is 7.17. The molecular weight excluding hydrogens is 554 g/mol. The number of amides is 2. The average Bonchev–Trinajstić information content (AvgIpc) is 3.75. The predicted molar refractivity (Wildman–Crippen MR) is 175 cm³/mol. The fourth-order valence-electron chi connectivity index (χ4n) is 6.37. The number of hydrogen-bond acceptors (Lipinski definition) is 8. The van der Waals surface area contributed by atoms with Gasteiger partial charge in [0.1, 0.15) is 23.3 Å². The molecule has 0 aliphatic carbocycles. The van der Waals surface area contributed by atoms with Crippen LogP contribution in [0.4, 0.5) is 22.4 Å². The Kier molecular flexibility index (Phi) is 8.77. The van der Waals surface area contributed by atoms with Gasteiger partial charge in [-0.05, 0) is 62.8 Å². The van der Waals surface area contributed by atoms with Gasteiger partial charge in [0.05, 0.1) is 0 Å². The summed E-state index contributed by atoms with van der Waals surface area (Å²) >= 11 is 0. The molecule has 0 bridgehead atoms. The number of piperazine rings is 1. The fourth-order valence-corrected chi connectivity index (χ4v) is 6.37. The smallest absolute Gasteiger partial charge is 0.408 e. The van der Waals surface area contributed by atoms with Crippen molar-refractivity contribution in [3.63, 3.8) is 0 Å². The highest BCUT2D eigenvalue weighted by molar-refractivity contribution is 5.87. The molecule has 3 saturated heterocycles. The van der Waals surface area contributed by atoms with E-state index in [1.165, 1.54) is 25.7 Å². The Morgan fingerprint density at radius 1 is 0.773 bits per heavy atom. The van der Waals surface area contributed by atoms with Crippen molar-refractivity contribution in [3.8, 4) is 0 Å². The van der Waals surface area contributed by atoms with Crippen LogP contribution >= 0.6 is 0 Å². The van der Waals surface area contributed by atoms with Crippen molar-refractivity contribution in [1.82, 2.24) is 20.2 Å². The zero-order chi connectivity index (χ0) is 30.7. The van der Waals surface area contributed by atoms with E-state index in [0.29, 0.717) is 32.6 Å². The van der Waals surface area contributed by atoms with Crippen LogP contribution in [0.1, 0.15) is 52.0 Å². The number of hydrogen-bond donors (Lipinski definition) is 1. The molecule has 3 fully saturated rings. The molecule has 0 saturated carbocycles. The number of anilines is 3. The van der Waals surface area contributed by atoms with Gasteiger partial charge in [-0.15, -0.1) is 0 Å². The second kappa shape index (κ2) is 12.9. The van der Waals surface area contributed by atoms with Gasteiger partial charge >= 0.3 is 6.09 Å². The van der Waals surface area contributed by atoms with Crippen molar-refractivity contribution in [3.05, 3.63) is 54.1 Å². The first kappa shape index (κ1) is 30.0. The molecule has 10 heteroatoms. The van der Waals surface area contributed by atoms with Crippen LogP contribution in [0, 0.1) is 0 Å². The van der Waals surface area contributed by atoms with Crippen LogP contribution in [0.2, 0.25) is 0 Å². The second-order valence-corrected chi connectivity index (χ2v) is 13.2. The van der Waals surface area contributed by atoms with E-state index in [4.69, 9.17) is 14.7 Å². The van der Waals surface area contributed by atoms with Gasteiger partial charge in [0.2, 0.25) is 11.9 Å². The van der Waals surface area contributed by atoms with Crippen LogP contribution in [0.3, 0.4) is 0 Å². The van der Waals surface area contributed by atoms with E-state index in [2.05, 4.69) is 50.3 Å². The number of carbonyl (C=O) groups excluding carboxylic acids is 2. The second-order valence-electron chi connectivity index (χ2n) is 13.2. The lowest BCUT2D eigenvalue weighted by Crippen LogP contribution is -2.56. The first-order chi connectivity index (χ1) is 21.2. The molecule has 2 aromatic carbocycles. The Morgan fingerprint density at radius 3 is 2.00 bits per heavy atom. The van der Waals surface area contributed by atoms with Crippen molar-refractivity contribution in [2.24, 2.45) is 0 Å². The normalized spacial score (nSPS) is 18.2. The minimum absolute atomic E-state index is 0.0955. The fraction of sp³-hybridized carbons (Fsp3) is 0.529. The van der Waals surface area contributed by atoms with E-state index in [1.807, 2.05) is 43.9 Å². The molecule has 0 spiro atoms. The Morgan fingerprint density at radius 2 is 1.36 bits per heavy atom. The summed E-state index contributed by atoms with van der Waals surface area (Å²) in [6.07, 6.45) is 4.53. The summed E-state index contributed by atoms with van der Waals surface area (Å²) in [6.45, 7) is 11.9. The van der Waals surface area contributed by atoms with Gasteiger partial charge in [0, 0.05) is 64.8 Å². The number of rotatable bonds is 7. The molecule has 1 aromatic heterocycles. The lowest BCUT2D eigenvalue weighted by molar-refractivity contribution is -0.133. The molecule has 4 heterocycles. The van der Waals surface area contributed by atoms with Gasteiger partial charge in [0.25, 0.3) is 0 Å².